The molecular formula is C33H51NO5. The average molecular weight is 542 g/mol. The summed E-state index contributed by atoms with van der Waals surface area (Å²) >= 11 is 0. The molecule has 0 unspecified atom stereocenters. The molecule has 1 aliphatic rings. The van der Waals surface area contributed by atoms with Crippen molar-refractivity contribution in [1.29, 1.82) is 0 Å². The van der Waals surface area contributed by atoms with E-state index in [0.717, 1.165) is 54.0 Å². The number of anilines is 1. The maximum Gasteiger partial charge on any atom is 0.145 e. The minimum atomic E-state index is -0.786. The van der Waals surface area contributed by atoms with Gasteiger partial charge in [-0.2, -0.15) is 0 Å². The zero-order chi connectivity index (χ0) is 29.1. The van der Waals surface area contributed by atoms with E-state index >= 15 is 0 Å². The number of aliphatic hydroxyl groups excluding tert-OH is 1. The summed E-state index contributed by atoms with van der Waals surface area (Å²) in [5.41, 5.74) is 5.94. The topological polar surface area (TPSA) is 69.2 Å². The lowest BCUT2D eigenvalue weighted by atomic mass is 9.87. The molecule has 0 aliphatic carbocycles. The third kappa shape index (κ3) is 9.07. The van der Waals surface area contributed by atoms with Crippen LogP contribution in [0, 0.1) is 11.8 Å². The third-order valence-electron chi connectivity index (χ3n) is 7.62. The van der Waals surface area contributed by atoms with Crippen molar-refractivity contribution in [3.8, 4) is 5.75 Å². The van der Waals surface area contributed by atoms with Gasteiger partial charge in [-0.1, -0.05) is 64.1 Å². The highest BCUT2D eigenvalue weighted by atomic mass is 16.5. The molecule has 1 aromatic carbocycles. The van der Waals surface area contributed by atoms with Crippen LogP contribution in [-0.4, -0.2) is 58.0 Å². The Balaban J connectivity index is 2.62. The van der Waals surface area contributed by atoms with Crippen LogP contribution in [0.5, 0.6) is 5.75 Å². The van der Waals surface area contributed by atoms with Gasteiger partial charge in [0, 0.05) is 32.9 Å². The van der Waals surface area contributed by atoms with Crippen LogP contribution < -0.4 is 10.1 Å². The number of ether oxygens (including phenoxy) is 4. The minimum absolute atomic E-state index is 0.0223. The second-order valence-corrected chi connectivity index (χ2v) is 10.9. The normalized spacial score (nSPS) is 31.0. The Bertz CT molecular complexity index is 1030. The summed E-state index contributed by atoms with van der Waals surface area (Å²) in [5, 5.41) is 14.6. The van der Waals surface area contributed by atoms with Crippen molar-refractivity contribution < 1.29 is 24.1 Å². The molecule has 0 saturated carbocycles. The van der Waals surface area contributed by atoms with Gasteiger partial charge in [-0.3, -0.25) is 0 Å². The Morgan fingerprint density at radius 2 is 1.77 bits per heavy atom. The lowest BCUT2D eigenvalue weighted by Crippen LogP contribution is -2.37. The molecule has 218 valence electrons. The maximum absolute atomic E-state index is 11.1. The van der Waals surface area contributed by atoms with Crippen molar-refractivity contribution in [2.45, 2.75) is 84.7 Å². The van der Waals surface area contributed by atoms with E-state index in [0.29, 0.717) is 5.92 Å². The fourth-order valence-electron chi connectivity index (χ4n) is 5.45. The minimum Gasteiger partial charge on any atom is -0.494 e. The average Bonchev–Trinajstić information content (AvgIpc) is 2.90. The molecule has 1 heterocycles. The van der Waals surface area contributed by atoms with Crippen LogP contribution in [0.15, 0.2) is 59.9 Å². The number of nitrogens with one attached hydrogen (secondary N) is 1. The molecule has 39 heavy (non-hydrogen) atoms. The predicted molar refractivity (Wildman–Crippen MR) is 161 cm³/mol. The number of methoxy groups -OCH3 is 4. The zero-order valence-electron chi connectivity index (χ0n) is 25.5. The molecule has 6 atom stereocenters. The van der Waals surface area contributed by atoms with Crippen LogP contribution in [-0.2, 0) is 27.1 Å². The molecule has 0 amide bonds. The number of hydrogen-bond donors (Lipinski definition) is 2. The van der Waals surface area contributed by atoms with E-state index in [1.54, 1.807) is 28.4 Å². The van der Waals surface area contributed by atoms with E-state index in [1.807, 2.05) is 32.1 Å². The van der Waals surface area contributed by atoms with Gasteiger partial charge in [0.25, 0.3) is 0 Å². The number of aryl methyl sites for hydroxylation is 1. The smallest absolute Gasteiger partial charge is 0.145 e. The molecule has 1 aromatic rings. The molecule has 2 bridgehead atoms. The highest BCUT2D eigenvalue weighted by Gasteiger charge is 2.29. The van der Waals surface area contributed by atoms with Gasteiger partial charge in [-0.05, 0) is 67.4 Å². The van der Waals surface area contributed by atoms with Gasteiger partial charge in [0.05, 0.1) is 25.0 Å². The quantitative estimate of drug-likeness (QED) is 0.393. The summed E-state index contributed by atoms with van der Waals surface area (Å²) in [5.74, 6) is 1.17. The molecule has 0 aromatic heterocycles. The first kappa shape index (κ1) is 32.8. The SMILES string of the molecule is C=C1Nc2cc(CCC)cc(c2OC)C[C@@H](C)C[C@H](OC)[C@H](OC)[C@@H](C)/C=C(\C)[C@H](O)[C@@H](OC)/C=C\C=C\1C. The predicted octanol–water partition coefficient (Wildman–Crippen LogP) is 6.65. The molecule has 6 heteroatoms. The van der Waals surface area contributed by atoms with Crippen molar-refractivity contribution in [1.82, 2.24) is 0 Å². The molecule has 2 N–H and O–H groups in total. The van der Waals surface area contributed by atoms with Gasteiger partial charge in [0.2, 0.25) is 0 Å². The third-order valence-corrected chi connectivity index (χ3v) is 7.62. The highest BCUT2D eigenvalue weighted by Crippen LogP contribution is 2.35. The van der Waals surface area contributed by atoms with Crippen LogP contribution in [0.25, 0.3) is 0 Å². The Hall–Kier alpha value is -2.38. The molecule has 1 aliphatic heterocycles. The Labute approximate surface area is 236 Å². The van der Waals surface area contributed by atoms with Crippen LogP contribution in [0.3, 0.4) is 0 Å². The number of rotatable bonds is 6. The van der Waals surface area contributed by atoms with E-state index in [-0.39, 0.29) is 18.1 Å². The van der Waals surface area contributed by atoms with E-state index in [9.17, 15) is 5.11 Å². The Morgan fingerprint density at radius 3 is 2.36 bits per heavy atom. The second-order valence-electron chi connectivity index (χ2n) is 10.9. The summed E-state index contributed by atoms with van der Waals surface area (Å²) in [6.45, 7) is 14.8. The van der Waals surface area contributed by atoms with E-state index in [2.05, 4.69) is 50.9 Å². The fraction of sp³-hybridized carbons (Fsp3) is 0.576. The maximum atomic E-state index is 11.1. The van der Waals surface area contributed by atoms with E-state index in [1.165, 1.54) is 11.1 Å². The summed E-state index contributed by atoms with van der Waals surface area (Å²) in [7, 11) is 6.80. The molecule has 0 saturated heterocycles. The zero-order valence-corrected chi connectivity index (χ0v) is 25.5. The molecule has 0 radical (unpaired) electrons. The molecule has 2 rings (SSSR count). The number of fused-ring (bicyclic) bond motifs is 2. The molecule has 0 fully saturated rings. The monoisotopic (exact) mass is 541 g/mol. The van der Waals surface area contributed by atoms with Gasteiger partial charge in [0.15, 0.2) is 0 Å². The Morgan fingerprint density at radius 1 is 1.05 bits per heavy atom. The van der Waals surface area contributed by atoms with Crippen LogP contribution in [0.1, 0.15) is 58.6 Å². The summed E-state index contributed by atoms with van der Waals surface area (Å²) in [6, 6.07) is 4.44. The summed E-state index contributed by atoms with van der Waals surface area (Å²) in [6.07, 6.45) is 9.95. The fourth-order valence-corrected chi connectivity index (χ4v) is 5.45. The van der Waals surface area contributed by atoms with Crippen LogP contribution >= 0.6 is 0 Å². The Kier molecular flexibility index (Phi) is 13.5. The van der Waals surface area contributed by atoms with E-state index < -0.39 is 12.2 Å². The van der Waals surface area contributed by atoms with Crippen molar-refractivity contribution in [3.05, 3.63) is 71.0 Å². The van der Waals surface area contributed by atoms with Crippen molar-refractivity contribution in [2.75, 3.05) is 33.8 Å². The molecule has 0 spiro atoms. The first-order valence-corrected chi connectivity index (χ1v) is 14.1. The lowest BCUT2D eigenvalue weighted by Gasteiger charge is -2.31. The number of hydrogen-bond acceptors (Lipinski definition) is 6. The summed E-state index contributed by atoms with van der Waals surface area (Å²) in [4.78, 5) is 0. The number of benzene rings is 1. The van der Waals surface area contributed by atoms with Gasteiger partial charge < -0.3 is 29.4 Å². The summed E-state index contributed by atoms with van der Waals surface area (Å²) < 4.78 is 23.5. The molecular weight excluding hydrogens is 490 g/mol. The number of allylic oxidation sites excluding steroid dienone is 3. The van der Waals surface area contributed by atoms with E-state index in [4.69, 9.17) is 18.9 Å². The van der Waals surface area contributed by atoms with Crippen molar-refractivity contribution in [3.63, 3.8) is 0 Å². The van der Waals surface area contributed by atoms with Gasteiger partial charge in [-0.25, -0.2) is 0 Å². The first-order chi connectivity index (χ1) is 18.6. The van der Waals surface area contributed by atoms with Crippen molar-refractivity contribution in [2.24, 2.45) is 11.8 Å². The number of aliphatic hydroxyl groups is 1. The highest BCUT2D eigenvalue weighted by molar-refractivity contribution is 5.66. The van der Waals surface area contributed by atoms with Gasteiger partial charge in [-0.15, -0.1) is 0 Å². The largest absolute Gasteiger partial charge is 0.494 e. The van der Waals surface area contributed by atoms with Gasteiger partial charge >= 0.3 is 0 Å². The lowest BCUT2D eigenvalue weighted by molar-refractivity contribution is -0.0618. The van der Waals surface area contributed by atoms with Crippen molar-refractivity contribution >= 4 is 5.69 Å². The molecule has 6 nitrogen and oxygen atoms in total. The standard InChI is InChI=1S/C33H51NO5/c1-11-13-26-19-27-16-21(2)17-30(37-8)32(38-9)24(5)18-23(4)31(35)29(36-7)15-12-14-22(3)25(6)34-28(20-26)33(27)39-10/h12,14-15,18-21,24,29-32,34-35H,6,11,13,16-17H2,1-5,7-10H3/b15-12-,22-14+,23-18+/t21-,24+,29+,30+,31+,32-/m1/s1. The second kappa shape index (κ2) is 16.0. The first-order valence-electron chi connectivity index (χ1n) is 14.1. The van der Waals surface area contributed by atoms with Crippen LogP contribution in [0.4, 0.5) is 5.69 Å². The van der Waals surface area contributed by atoms with Gasteiger partial charge in [0.1, 0.15) is 18.0 Å². The van der Waals surface area contributed by atoms with Crippen LogP contribution in [0.2, 0.25) is 0 Å².